The number of rotatable bonds is 5. The largest absolute Gasteiger partial charge is 0.320 e. The van der Waals surface area contributed by atoms with Gasteiger partial charge < -0.3 is 9.88 Å². The molecule has 4 rings (SSSR count). The first-order valence-corrected chi connectivity index (χ1v) is 10.2. The molecule has 1 N–H and O–H groups in total. The Morgan fingerprint density at radius 2 is 1.87 bits per heavy atom. The van der Waals surface area contributed by atoms with Gasteiger partial charge in [0.05, 0.1) is 18.4 Å². The van der Waals surface area contributed by atoms with Crippen molar-refractivity contribution >= 4 is 34.5 Å². The lowest BCUT2D eigenvalue weighted by atomic mass is 10.2. The number of halogens is 2. The monoisotopic (exact) mass is 439 g/mol. The standard InChI is InChI=1S/C22H15ClFN3O2S/c23-17-7-3-1-5-14(17)12-27-13-15(9-10-20(27)28)26-21(29)19-11-25-22(30-19)16-6-2-4-8-18(16)24/h1-11,13H,12H2,(H,26,29). The molecule has 0 saturated carbocycles. The summed E-state index contributed by atoms with van der Waals surface area (Å²) in [6, 6.07) is 16.4. The number of nitrogens with one attached hydrogen (secondary N) is 1. The smallest absolute Gasteiger partial charge is 0.267 e. The molecular formula is C22H15ClFN3O2S. The van der Waals surface area contributed by atoms with Crippen molar-refractivity contribution in [2.75, 3.05) is 5.32 Å². The number of aromatic nitrogens is 2. The van der Waals surface area contributed by atoms with Gasteiger partial charge in [-0.2, -0.15) is 0 Å². The quantitative estimate of drug-likeness (QED) is 0.472. The number of hydrogen-bond donors (Lipinski definition) is 1. The van der Waals surface area contributed by atoms with Gasteiger partial charge in [-0.05, 0) is 29.8 Å². The number of benzene rings is 2. The Bertz CT molecular complexity index is 1290. The van der Waals surface area contributed by atoms with E-state index in [-0.39, 0.29) is 12.1 Å². The number of amides is 1. The van der Waals surface area contributed by atoms with Crippen molar-refractivity contribution in [1.29, 1.82) is 0 Å². The van der Waals surface area contributed by atoms with Crippen LogP contribution in [-0.4, -0.2) is 15.5 Å². The lowest BCUT2D eigenvalue weighted by molar-refractivity contribution is 0.103. The second-order valence-electron chi connectivity index (χ2n) is 6.44. The Morgan fingerprint density at radius 3 is 2.67 bits per heavy atom. The van der Waals surface area contributed by atoms with Crippen LogP contribution in [0.5, 0.6) is 0 Å². The normalized spacial score (nSPS) is 10.7. The topological polar surface area (TPSA) is 64.0 Å². The molecule has 0 radical (unpaired) electrons. The molecule has 0 spiro atoms. The van der Waals surface area contributed by atoms with Gasteiger partial charge in [-0.3, -0.25) is 9.59 Å². The van der Waals surface area contributed by atoms with E-state index >= 15 is 0 Å². The predicted molar refractivity (Wildman–Crippen MR) is 117 cm³/mol. The van der Waals surface area contributed by atoms with E-state index in [2.05, 4.69) is 10.3 Å². The Morgan fingerprint density at radius 1 is 1.10 bits per heavy atom. The van der Waals surface area contributed by atoms with Gasteiger partial charge in [-0.25, -0.2) is 9.37 Å². The molecule has 1 amide bonds. The molecule has 5 nitrogen and oxygen atoms in total. The maximum absolute atomic E-state index is 13.9. The van der Waals surface area contributed by atoms with E-state index in [9.17, 15) is 14.0 Å². The van der Waals surface area contributed by atoms with Crippen LogP contribution in [0, 0.1) is 5.82 Å². The SMILES string of the molecule is O=C(Nc1ccc(=O)n(Cc2ccccc2Cl)c1)c1cnc(-c2ccccc2F)s1. The summed E-state index contributed by atoms with van der Waals surface area (Å²) in [4.78, 5) is 29.3. The van der Waals surface area contributed by atoms with E-state index in [1.165, 1.54) is 29.0 Å². The zero-order valence-corrected chi connectivity index (χ0v) is 17.1. The summed E-state index contributed by atoms with van der Waals surface area (Å²) in [6.07, 6.45) is 2.96. The van der Waals surface area contributed by atoms with E-state index in [1.807, 2.05) is 18.2 Å². The molecule has 0 aliphatic heterocycles. The average Bonchev–Trinajstić information content (AvgIpc) is 3.22. The lowest BCUT2D eigenvalue weighted by Crippen LogP contribution is -2.21. The minimum atomic E-state index is -0.398. The highest BCUT2D eigenvalue weighted by Gasteiger charge is 2.14. The Balaban J connectivity index is 1.54. The zero-order valence-electron chi connectivity index (χ0n) is 15.5. The third kappa shape index (κ3) is 4.32. The zero-order chi connectivity index (χ0) is 21.1. The highest BCUT2D eigenvalue weighted by Crippen LogP contribution is 2.27. The maximum atomic E-state index is 13.9. The van der Waals surface area contributed by atoms with Gasteiger partial charge in [0.2, 0.25) is 0 Å². The van der Waals surface area contributed by atoms with Gasteiger partial charge in [0.25, 0.3) is 11.5 Å². The van der Waals surface area contributed by atoms with Crippen molar-refractivity contribution in [1.82, 2.24) is 9.55 Å². The summed E-state index contributed by atoms with van der Waals surface area (Å²) in [6.45, 7) is 0.278. The molecular weight excluding hydrogens is 425 g/mol. The minimum Gasteiger partial charge on any atom is -0.320 e. The number of thiazole rings is 1. The number of nitrogens with zero attached hydrogens (tertiary/aromatic N) is 2. The Labute approximate surface area is 180 Å². The molecule has 30 heavy (non-hydrogen) atoms. The summed E-state index contributed by atoms with van der Waals surface area (Å²) in [5.41, 5.74) is 1.37. The van der Waals surface area contributed by atoms with Crippen LogP contribution in [0.3, 0.4) is 0 Å². The highest BCUT2D eigenvalue weighted by molar-refractivity contribution is 7.17. The van der Waals surface area contributed by atoms with E-state index in [4.69, 9.17) is 11.6 Å². The molecule has 0 saturated heterocycles. The number of pyridine rings is 1. The second-order valence-corrected chi connectivity index (χ2v) is 7.88. The molecule has 0 aliphatic rings. The number of hydrogen-bond acceptors (Lipinski definition) is 4. The van der Waals surface area contributed by atoms with Crippen molar-refractivity contribution in [2.45, 2.75) is 6.54 Å². The first kappa shape index (κ1) is 20.0. The van der Waals surface area contributed by atoms with Crippen molar-refractivity contribution < 1.29 is 9.18 Å². The van der Waals surface area contributed by atoms with Gasteiger partial charge >= 0.3 is 0 Å². The molecule has 0 atom stereocenters. The fraction of sp³-hybridized carbons (Fsp3) is 0.0455. The summed E-state index contributed by atoms with van der Waals surface area (Å²) in [7, 11) is 0. The average molecular weight is 440 g/mol. The van der Waals surface area contributed by atoms with Crippen molar-refractivity contribution in [3.8, 4) is 10.6 Å². The van der Waals surface area contributed by atoms with Gasteiger partial charge in [-0.15, -0.1) is 11.3 Å². The predicted octanol–water partition coefficient (Wildman–Crippen LogP) is 5.06. The first-order valence-electron chi connectivity index (χ1n) is 8.97. The summed E-state index contributed by atoms with van der Waals surface area (Å²) in [5, 5.41) is 3.73. The highest BCUT2D eigenvalue weighted by atomic mass is 35.5. The van der Waals surface area contributed by atoms with Gasteiger partial charge in [0.15, 0.2) is 0 Å². The van der Waals surface area contributed by atoms with Gasteiger partial charge in [0.1, 0.15) is 15.7 Å². The van der Waals surface area contributed by atoms with Crippen LogP contribution in [-0.2, 0) is 6.54 Å². The van der Waals surface area contributed by atoms with Crippen LogP contribution in [0.25, 0.3) is 10.6 Å². The summed E-state index contributed by atoms with van der Waals surface area (Å²) in [5.74, 6) is -0.788. The number of carbonyl (C=O) groups excluding carboxylic acids is 1. The van der Waals surface area contributed by atoms with Crippen LogP contribution < -0.4 is 10.9 Å². The maximum Gasteiger partial charge on any atom is 0.267 e. The van der Waals surface area contributed by atoms with Crippen molar-refractivity contribution in [3.05, 3.63) is 105 Å². The molecule has 2 heterocycles. The van der Waals surface area contributed by atoms with Crippen LogP contribution >= 0.6 is 22.9 Å². The van der Waals surface area contributed by atoms with Crippen LogP contribution in [0.2, 0.25) is 5.02 Å². The van der Waals surface area contributed by atoms with Gasteiger partial charge in [0, 0.05) is 22.8 Å². The molecule has 8 heteroatoms. The van der Waals surface area contributed by atoms with Crippen LogP contribution in [0.1, 0.15) is 15.2 Å². The fourth-order valence-electron chi connectivity index (χ4n) is 2.87. The minimum absolute atomic E-state index is 0.215. The van der Waals surface area contributed by atoms with E-state index in [1.54, 1.807) is 30.5 Å². The van der Waals surface area contributed by atoms with Crippen molar-refractivity contribution in [2.24, 2.45) is 0 Å². The third-order valence-corrected chi connectivity index (χ3v) is 5.77. The Hall–Kier alpha value is -3.29. The van der Waals surface area contributed by atoms with Crippen molar-refractivity contribution in [3.63, 3.8) is 0 Å². The molecule has 150 valence electrons. The molecule has 0 fully saturated rings. The Kier molecular flexibility index (Phi) is 5.74. The third-order valence-electron chi connectivity index (χ3n) is 4.37. The molecule has 0 aliphatic carbocycles. The number of carbonyl (C=O) groups is 1. The summed E-state index contributed by atoms with van der Waals surface area (Å²) < 4.78 is 15.4. The lowest BCUT2D eigenvalue weighted by Gasteiger charge is -2.10. The first-order chi connectivity index (χ1) is 14.5. The van der Waals surface area contributed by atoms with E-state index < -0.39 is 11.7 Å². The van der Waals surface area contributed by atoms with Gasteiger partial charge in [-0.1, -0.05) is 41.9 Å². The van der Waals surface area contributed by atoms with Crippen LogP contribution in [0.15, 0.2) is 77.9 Å². The molecule has 0 unspecified atom stereocenters. The van der Waals surface area contributed by atoms with E-state index in [0.29, 0.717) is 26.2 Å². The number of anilines is 1. The molecule has 0 bridgehead atoms. The molecule has 4 aromatic rings. The molecule has 2 aromatic carbocycles. The fourth-order valence-corrected chi connectivity index (χ4v) is 3.90. The van der Waals surface area contributed by atoms with E-state index in [0.717, 1.165) is 16.9 Å². The van der Waals surface area contributed by atoms with Crippen LogP contribution in [0.4, 0.5) is 10.1 Å². The summed E-state index contributed by atoms with van der Waals surface area (Å²) >= 11 is 7.27. The second kappa shape index (κ2) is 8.61. The molecule has 2 aromatic heterocycles.